The third-order valence-corrected chi connectivity index (χ3v) is 16.2. The number of carbonyl (C=O) groups is 1. The van der Waals surface area contributed by atoms with Crippen molar-refractivity contribution in [3.63, 3.8) is 0 Å². The van der Waals surface area contributed by atoms with Crippen LogP contribution in [-0.2, 0) is 14.4 Å². The molecule has 7 nitrogen and oxygen atoms in total. The average molecular weight is 636 g/mol. The van der Waals surface area contributed by atoms with E-state index in [2.05, 4.69) is 27.1 Å². The molecule has 0 aromatic carbocycles. The maximum Gasteiger partial charge on any atom is 0.345 e. The summed E-state index contributed by atoms with van der Waals surface area (Å²) in [6, 6.07) is 3.03. The quantitative estimate of drug-likeness (QED) is 0.255. The minimum absolute atomic E-state index is 0.162. The van der Waals surface area contributed by atoms with E-state index in [1.165, 1.54) is 83.5 Å². The van der Waals surface area contributed by atoms with Gasteiger partial charge in [0.05, 0.1) is 12.0 Å². The maximum absolute atomic E-state index is 12.4. The molecule has 2 aliphatic heterocycles. The Kier molecular flexibility index (Phi) is 8.17. The molecular formula is C39H61N3O4. The van der Waals surface area contributed by atoms with Crippen LogP contribution in [0.3, 0.4) is 0 Å². The van der Waals surface area contributed by atoms with Crippen LogP contribution >= 0.6 is 0 Å². The number of nitrogens with one attached hydrogen (secondary N) is 1. The van der Waals surface area contributed by atoms with Crippen molar-refractivity contribution in [2.75, 3.05) is 14.2 Å². The van der Waals surface area contributed by atoms with Gasteiger partial charge in [-0.2, -0.15) is 5.26 Å². The number of fused-ring (bicyclic) bond motifs is 5. The van der Waals surface area contributed by atoms with Gasteiger partial charge >= 0.3 is 5.97 Å². The Hall–Kier alpha value is -1.31. The number of piperazine rings is 1. The van der Waals surface area contributed by atoms with Crippen LogP contribution in [-0.4, -0.2) is 71.5 Å². The van der Waals surface area contributed by atoms with Gasteiger partial charge in [-0.15, -0.1) is 0 Å². The van der Waals surface area contributed by atoms with E-state index in [-0.39, 0.29) is 5.92 Å². The van der Waals surface area contributed by atoms with Crippen LogP contribution in [0.4, 0.5) is 0 Å². The van der Waals surface area contributed by atoms with E-state index in [1.807, 2.05) is 7.11 Å². The summed E-state index contributed by atoms with van der Waals surface area (Å²) in [6.45, 7) is 0. The Balaban J connectivity index is 1.17. The lowest BCUT2D eigenvalue weighted by molar-refractivity contribution is -0.240. The second-order valence-corrected chi connectivity index (χ2v) is 17.7. The lowest BCUT2D eigenvalue weighted by atomic mass is 9.45. The molecule has 256 valence electrons. The van der Waals surface area contributed by atoms with Crippen LogP contribution in [0.5, 0.6) is 0 Å². The van der Waals surface area contributed by atoms with E-state index >= 15 is 0 Å². The highest BCUT2D eigenvalue weighted by Gasteiger charge is 2.63. The monoisotopic (exact) mass is 635 g/mol. The predicted octanol–water partition coefficient (Wildman–Crippen LogP) is 6.98. The van der Waals surface area contributed by atoms with E-state index < -0.39 is 5.97 Å². The molecule has 7 heteroatoms. The Labute approximate surface area is 277 Å². The number of hydrogen-bond acceptors (Lipinski definition) is 7. The van der Waals surface area contributed by atoms with Crippen molar-refractivity contribution in [1.82, 2.24) is 15.1 Å². The molecule has 0 radical (unpaired) electrons. The van der Waals surface area contributed by atoms with E-state index in [1.54, 1.807) is 11.4 Å². The molecule has 2 N–H and O–H groups in total. The SMILES string of the molecule is COC1CCC2C(C1)C(C1CCC(C(=O)OO)CC1)=C(N1C3CCCCC3NC3C4CCCC5CCC6CCCC(C6C54)C31)N2C. The van der Waals surface area contributed by atoms with Gasteiger partial charge in [0.25, 0.3) is 0 Å². The number of hydrogen-bond donors (Lipinski definition) is 2. The fourth-order valence-corrected chi connectivity index (χ4v) is 14.5. The van der Waals surface area contributed by atoms with Crippen LogP contribution < -0.4 is 5.32 Å². The fraction of sp³-hybridized carbons (Fsp3) is 0.923. The van der Waals surface area contributed by atoms with Gasteiger partial charge in [0.1, 0.15) is 5.82 Å². The van der Waals surface area contributed by atoms with Crippen LogP contribution in [0, 0.1) is 53.3 Å². The van der Waals surface area contributed by atoms with Gasteiger partial charge < -0.3 is 24.7 Å². The summed E-state index contributed by atoms with van der Waals surface area (Å²) in [4.78, 5) is 22.6. The number of nitrogens with zero attached hydrogens (tertiary/aromatic N) is 2. The standard InChI is InChI=1S/C39H61N3O4/c1-41-31-20-19-26(45-2)21-29(31)35(24-15-17-25(18-16-24)39(43)46-44)38(41)42-32-12-4-3-11-30(32)40-36-27-9-5-7-22-13-14-23-8-6-10-28(37(36)42)34(23)33(22)27/h22-34,36-37,40,44H,3-21H2,1-2H3. The largest absolute Gasteiger partial charge is 0.381 e. The lowest BCUT2D eigenvalue weighted by Gasteiger charge is -2.68. The smallest absolute Gasteiger partial charge is 0.345 e. The molecule has 0 spiro atoms. The van der Waals surface area contributed by atoms with Crippen molar-refractivity contribution in [1.29, 1.82) is 0 Å². The average Bonchev–Trinajstić information content (AvgIpc) is 3.40. The number of carbonyl (C=O) groups excluding carboxylic acids is 1. The second kappa shape index (κ2) is 12.2. The van der Waals surface area contributed by atoms with Gasteiger partial charge in [-0.05, 0) is 130 Å². The minimum atomic E-state index is -0.428. The summed E-state index contributed by atoms with van der Waals surface area (Å²) in [5.74, 6) is 7.65. The maximum atomic E-state index is 12.4. The Morgan fingerprint density at radius 2 is 1.50 bits per heavy atom. The van der Waals surface area contributed by atoms with E-state index in [9.17, 15) is 4.79 Å². The van der Waals surface area contributed by atoms with Crippen LogP contribution in [0.25, 0.3) is 0 Å². The molecule has 9 aliphatic rings. The molecule has 0 amide bonds. The van der Waals surface area contributed by atoms with Crippen LogP contribution in [0.2, 0.25) is 0 Å². The summed E-state index contributed by atoms with van der Waals surface area (Å²) >= 11 is 0. The van der Waals surface area contributed by atoms with Crippen molar-refractivity contribution in [2.45, 2.75) is 158 Å². The molecule has 2 heterocycles. The first-order valence-electron chi connectivity index (χ1n) is 20.0. The fourth-order valence-electron chi connectivity index (χ4n) is 14.5. The van der Waals surface area contributed by atoms with Gasteiger partial charge in [0.2, 0.25) is 0 Å². The topological polar surface area (TPSA) is 74.3 Å². The Morgan fingerprint density at radius 1 is 0.783 bits per heavy atom. The summed E-state index contributed by atoms with van der Waals surface area (Å²) in [7, 11) is 4.40. The van der Waals surface area contributed by atoms with E-state index in [4.69, 9.17) is 9.99 Å². The number of ether oxygens (including phenoxy) is 1. The van der Waals surface area contributed by atoms with Gasteiger partial charge in [0, 0.05) is 50.3 Å². The van der Waals surface area contributed by atoms with Crippen LogP contribution in [0.1, 0.15) is 122 Å². The number of methoxy groups -OCH3 is 1. The molecule has 0 bridgehead atoms. The summed E-state index contributed by atoms with van der Waals surface area (Å²) in [5.41, 5.74) is 1.75. The summed E-state index contributed by atoms with van der Waals surface area (Å²) in [6.07, 6.45) is 24.7. The van der Waals surface area contributed by atoms with Crippen molar-refractivity contribution in [2.24, 2.45) is 53.3 Å². The molecule has 0 aromatic heterocycles. The highest BCUT2D eigenvalue weighted by molar-refractivity contribution is 5.71. The van der Waals surface area contributed by atoms with Crippen molar-refractivity contribution in [3.8, 4) is 0 Å². The molecular weight excluding hydrogens is 574 g/mol. The second-order valence-electron chi connectivity index (χ2n) is 17.7. The molecule has 8 fully saturated rings. The van der Waals surface area contributed by atoms with Gasteiger partial charge in [-0.3, -0.25) is 0 Å². The lowest BCUT2D eigenvalue weighted by Crippen LogP contribution is -2.76. The van der Waals surface area contributed by atoms with E-state index in [0.717, 1.165) is 74.0 Å². The van der Waals surface area contributed by atoms with Gasteiger partial charge in [-0.25, -0.2) is 4.79 Å². The predicted molar refractivity (Wildman–Crippen MR) is 177 cm³/mol. The van der Waals surface area contributed by atoms with E-state index in [0.29, 0.717) is 48.1 Å². The Morgan fingerprint density at radius 3 is 2.24 bits per heavy atom. The zero-order valence-corrected chi connectivity index (χ0v) is 28.7. The molecule has 0 aromatic rings. The molecule has 13 atom stereocenters. The molecule has 9 rings (SSSR count). The van der Waals surface area contributed by atoms with Gasteiger partial charge in [0.15, 0.2) is 0 Å². The minimum Gasteiger partial charge on any atom is -0.381 e. The third-order valence-electron chi connectivity index (χ3n) is 16.2. The number of rotatable bonds is 4. The molecule has 46 heavy (non-hydrogen) atoms. The molecule has 13 unspecified atom stereocenters. The highest BCUT2D eigenvalue weighted by atomic mass is 17.1. The first-order valence-corrected chi connectivity index (χ1v) is 20.0. The summed E-state index contributed by atoms with van der Waals surface area (Å²) in [5, 5.41) is 13.7. The molecule has 1 saturated heterocycles. The van der Waals surface area contributed by atoms with Crippen molar-refractivity contribution >= 4 is 5.97 Å². The normalized spacial score (nSPS) is 49.8. The third kappa shape index (κ3) is 4.70. The van der Waals surface area contributed by atoms with Gasteiger partial charge in [-0.1, -0.05) is 38.5 Å². The first-order chi connectivity index (χ1) is 22.6. The zero-order chi connectivity index (χ0) is 31.1. The first kappa shape index (κ1) is 30.7. The van der Waals surface area contributed by atoms with Crippen LogP contribution in [0.15, 0.2) is 11.4 Å². The molecule has 7 saturated carbocycles. The van der Waals surface area contributed by atoms with Crippen molar-refractivity contribution in [3.05, 3.63) is 11.4 Å². The highest BCUT2D eigenvalue weighted by Crippen LogP contribution is 2.63. The Bertz CT molecular complexity index is 1180. The zero-order valence-electron chi connectivity index (χ0n) is 28.7. The summed E-state index contributed by atoms with van der Waals surface area (Å²) < 4.78 is 6.09. The van der Waals surface area contributed by atoms with Crippen molar-refractivity contribution < 1.29 is 19.7 Å². The molecule has 7 aliphatic carbocycles.